The summed E-state index contributed by atoms with van der Waals surface area (Å²) in [6.45, 7) is 5.77. The summed E-state index contributed by atoms with van der Waals surface area (Å²) in [5.41, 5.74) is 3.57. The van der Waals surface area contributed by atoms with Crippen LogP contribution >= 0.6 is 23.2 Å². The number of nitrogens with zero attached hydrogens (tertiary/aromatic N) is 6. The summed E-state index contributed by atoms with van der Waals surface area (Å²) in [7, 11) is 1.74. The van der Waals surface area contributed by atoms with Crippen molar-refractivity contribution in [3.05, 3.63) is 69.5 Å². The monoisotopic (exact) mass is 470 g/mol. The lowest BCUT2D eigenvalue weighted by atomic mass is 10.0. The number of anilines is 1. The lowest BCUT2D eigenvalue weighted by molar-refractivity contribution is 0.143. The minimum absolute atomic E-state index is 0.410. The first-order chi connectivity index (χ1) is 15.7. The number of hydrogen-bond donors (Lipinski definition) is 0. The summed E-state index contributed by atoms with van der Waals surface area (Å²) in [5, 5.41) is 10.4. The molecule has 0 saturated carbocycles. The van der Waals surface area contributed by atoms with E-state index in [-0.39, 0.29) is 0 Å². The van der Waals surface area contributed by atoms with Crippen LogP contribution in [0.1, 0.15) is 17.0 Å². The highest BCUT2D eigenvalue weighted by atomic mass is 35.5. The number of hydrogen-bond acceptors (Lipinski definition) is 6. The van der Waals surface area contributed by atoms with Gasteiger partial charge in [0.25, 0.3) is 0 Å². The van der Waals surface area contributed by atoms with Gasteiger partial charge in [-0.05, 0) is 24.3 Å². The van der Waals surface area contributed by atoms with Gasteiger partial charge in [-0.3, -0.25) is 14.5 Å². The Balaban J connectivity index is 1.53. The van der Waals surface area contributed by atoms with Crippen LogP contribution in [0.15, 0.2) is 47.5 Å². The standard InChI is InChI=1S/C23H24Cl2N6O/c1-32-13-12-29-8-10-30(11-9-29)23-28-27-21-15-26-22(17-4-2-3-5-19(17)25)18-14-16(24)6-7-20(18)31(21)23/h2-7,14H,8-13,15H2,1H3. The van der Waals surface area contributed by atoms with E-state index in [0.29, 0.717) is 16.6 Å². The van der Waals surface area contributed by atoms with E-state index in [1.807, 2.05) is 42.5 Å². The summed E-state index contributed by atoms with van der Waals surface area (Å²) in [5.74, 6) is 1.64. The molecule has 0 spiro atoms. The number of aliphatic imine (C=N–C) groups is 1. The molecule has 0 atom stereocenters. The topological polar surface area (TPSA) is 58.8 Å². The summed E-state index contributed by atoms with van der Waals surface area (Å²) in [6.07, 6.45) is 0. The Morgan fingerprint density at radius 3 is 2.56 bits per heavy atom. The van der Waals surface area contributed by atoms with Crippen molar-refractivity contribution in [2.75, 3.05) is 51.3 Å². The summed E-state index contributed by atoms with van der Waals surface area (Å²) >= 11 is 12.9. The first kappa shape index (κ1) is 21.4. The number of methoxy groups -OCH3 is 1. The molecule has 0 aliphatic carbocycles. The Labute approximate surface area is 197 Å². The van der Waals surface area contributed by atoms with Gasteiger partial charge in [0.05, 0.1) is 18.0 Å². The number of piperazine rings is 1. The Morgan fingerprint density at radius 2 is 1.78 bits per heavy atom. The molecule has 32 heavy (non-hydrogen) atoms. The molecule has 2 aromatic carbocycles. The molecule has 0 unspecified atom stereocenters. The largest absolute Gasteiger partial charge is 0.383 e. The van der Waals surface area contributed by atoms with Crippen LogP contribution in [-0.2, 0) is 11.3 Å². The molecule has 3 heterocycles. The molecule has 5 rings (SSSR count). The van der Waals surface area contributed by atoms with Gasteiger partial charge in [0.2, 0.25) is 5.95 Å². The summed E-state index contributed by atoms with van der Waals surface area (Å²) < 4.78 is 7.34. The average molecular weight is 471 g/mol. The van der Waals surface area contributed by atoms with Crippen LogP contribution in [0, 0.1) is 0 Å². The second-order valence-corrected chi connectivity index (χ2v) is 8.72. The molecular weight excluding hydrogens is 447 g/mol. The van der Waals surface area contributed by atoms with Gasteiger partial charge < -0.3 is 9.64 Å². The van der Waals surface area contributed by atoms with E-state index in [1.165, 1.54) is 0 Å². The number of ether oxygens (including phenoxy) is 1. The van der Waals surface area contributed by atoms with Crippen molar-refractivity contribution < 1.29 is 4.74 Å². The number of rotatable bonds is 5. The fourth-order valence-corrected chi connectivity index (χ4v) is 4.66. The zero-order chi connectivity index (χ0) is 22.1. The maximum absolute atomic E-state index is 6.53. The molecule has 2 aliphatic heterocycles. The highest BCUT2D eigenvalue weighted by molar-refractivity contribution is 6.36. The van der Waals surface area contributed by atoms with E-state index in [9.17, 15) is 0 Å². The highest BCUT2D eigenvalue weighted by Crippen LogP contribution is 2.32. The van der Waals surface area contributed by atoms with Crippen molar-refractivity contribution in [3.8, 4) is 5.69 Å². The third-order valence-corrected chi connectivity index (χ3v) is 6.51. The van der Waals surface area contributed by atoms with E-state index < -0.39 is 0 Å². The minimum atomic E-state index is 0.410. The third-order valence-electron chi connectivity index (χ3n) is 5.94. The first-order valence-electron chi connectivity index (χ1n) is 10.7. The Kier molecular flexibility index (Phi) is 6.15. The van der Waals surface area contributed by atoms with Gasteiger partial charge in [0.1, 0.15) is 6.54 Å². The molecule has 166 valence electrons. The van der Waals surface area contributed by atoms with Gasteiger partial charge in [-0.15, -0.1) is 10.2 Å². The summed E-state index contributed by atoms with van der Waals surface area (Å²) in [6, 6.07) is 13.6. The van der Waals surface area contributed by atoms with Crippen LogP contribution in [0.5, 0.6) is 0 Å². The molecule has 3 aromatic rings. The second kappa shape index (κ2) is 9.19. The van der Waals surface area contributed by atoms with Crippen LogP contribution in [0.2, 0.25) is 10.0 Å². The zero-order valence-corrected chi connectivity index (χ0v) is 19.4. The fourth-order valence-electron chi connectivity index (χ4n) is 4.26. The molecular formula is C23H24Cl2N6O. The van der Waals surface area contributed by atoms with Crippen molar-refractivity contribution in [1.82, 2.24) is 19.7 Å². The van der Waals surface area contributed by atoms with Crippen LogP contribution in [0.3, 0.4) is 0 Å². The van der Waals surface area contributed by atoms with E-state index in [1.54, 1.807) is 7.11 Å². The first-order valence-corrected chi connectivity index (χ1v) is 11.4. The maximum Gasteiger partial charge on any atom is 0.232 e. The zero-order valence-electron chi connectivity index (χ0n) is 17.8. The van der Waals surface area contributed by atoms with Gasteiger partial charge in [0.15, 0.2) is 5.82 Å². The van der Waals surface area contributed by atoms with E-state index in [0.717, 1.165) is 73.6 Å². The van der Waals surface area contributed by atoms with Crippen molar-refractivity contribution in [3.63, 3.8) is 0 Å². The van der Waals surface area contributed by atoms with Crippen molar-refractivity contribution in [2.45, 2.75) is 6.54 Å². The number of aromatic nitrogens is 3. The lowest BCUT2D eigenvalue weighted by Crippen LogP contribution is -2.48. The lowest BCUT2D eigenvalue weighted by Gasteiger charge is -2.35. The quantitative estimate of drug-likeness (QED) is 0.568. The third kappa shape index (κ3) is 4.01. The molecule has 1 fully saturated rings. The predicted molar refractivity (Wildman–Crippen MR) is 128 cm³/mol. The number of fused-ring (bicyclic) bond motifs is 3. The SMILES string of the molecule is COCCN1CCN(c2nnc3n2-c2ccc(Cl)cc2C(c2ccccc2Cl)=NC3)CC1. The molecule has 1 saturated heterocycles. The van der Waals surface area contributed by atoms with Crippen molar-refractivity contribution in [2.24, 2.45) is 4.99 Å². The summed E-state index contributed by atoms with van der Waals surface area (Å²) in [4.78, 5) is 9.59. The predicted octanol–water partition coefficient (Wildman–Crippen LogP) is 3.69. The van der Waals surface area contributed by atoms with Crippen molar-refractivity contribution >= 4 is 34.9 Å². The minimum Gasteiger partial charge on any atom is -0.383 e. The average Bonchev–Trinajstić information content (AvgIpc) is 3.16. The molecule has 1 aromatic heterocycles. The maximum atomic E-state index is 6.53. The fraction of sp³-hybridized carbons (Fsp3) is 0.348. The van der Waals surface area contributed by atoms with Crippen LogP contribution < -0.4 is 4.90 Å². The smallest absolute Gasteiger partial charge is 0.232 e. The highest BCUT2D eigenvalue weighted by Gasteiger charge is 2.28. The Hall–Kier alpha value is -2.45. The Morgan fingerprint density at radius 1 is 0.969 bits per heavy atom. The van der Waals surface area contributed by atoms with Crippen LogP contribution in [0.25, 0.3) is 5.69 Å². The normalized spacial score (nSPS) is 16.3. The van der Waals surface area contributed by atoms with E-state index >= 15 is 0 Å². The molecule has 7 nitrogen and oxygen atoms in total. The van der Waals surface area contributed by atoms with E-state index in [4.69, 9.17) is 32.9 Å². The van der Waals surface area contributed by atoms with Crippen molar-refractivity contribution in [1.29, 1.82) is 0 Å². The van der Waals surface area contributed by atoms with E-state index in [2.05, 4.69) is 24.6 Å². The van der Waals surface area contributed by atoms with Crippen LogP contribution in [0.4, 0.5) is 5.95 Å². The molecule has 0 radical (unpaired) electrons. The number of benzene rings is 2. The van der Waals surface area contributed by atoms with Gasteiger partial charge >= 0.3 is 0 Å². The van der Waals surface area contributed by atoms with Crippen LogP contribution in [-0.4, -0.2) is 71.8 Å². The Bertz CT molecular complexity index is 1150. The second-order valence-electron chi connectivity index (χ2n) is 7.88. The molecule has 0 bridgehead atoms. The van der Waals surface area contributed by atoms with Gasteiger partial charge in [-0.1, -0.05) is 41.4 Å². The molecule has 9 heteroatoms. The number of halogens is 2. The molecule has 2 aliphatic rings. The molecule has 0 N–H and O–H groups in total. The van der Waals surface area contributed by atoms with Gasteiger partial charge in [-0.2, -0.15) is 0 Å². The van der Waals surface area contributed by atoms with Gasteiger partial charge in [-0.25, -0.2) is 0 Å². The van der Waals surface area contributed by atoms with Gasteiger partial charge in [0, 0.05) is 61.0 Å². The molecule has 0 amide bonds.